The number of anilines is 1. The van der Waals surface area contributed by atoms with Crippen LogP contribution in [0.5, 0.6) is 0 Å². The van der Waals surface area contributed by atoms with E-state index in [-0.39, 0.29) is 10.5 Å². The Kier molecular flexibility index (Phi) is 5.42. The van der Waals surface area contributed by atoms with Crippen molar-refractivity contribution in [2.75, 3.05) is 29.1 Å². The van der Waals surface area contributed by atoms with Crippen molar-refractivity contribution >= 4 is 45.2 Å². The topological polar surface area (TPSA) is 109 Å². The first-order chi connectivity index (χ1) is 9.88. The fraction of sp³-hybridized carbons (Fsp3) is 0.417. The molecule has 1 atom stereocenters. The van der Waals surface area contributed by atoms with E-state index in [1.54, 1.807) is 0 Å². The van der Waals surface area contributed by atoms with Gasteiger partial charge in [0.1, 0.15) is 0 Å². The van der Waals surface area contributed by atoms with Crippen molar-refractivity contribution in [3.8, 4) is 0 Å². The third-order valence-corrected chi connectivity index (χ3v) is 6.71. The van der Waals surface area contributed by atoms with E-state index in [0.29, 0.717) is 17.5 Å². The zero-order valence-corrected chi connectivity index (χ0v) is 13.6. The molecule has 4 N–H and O–H groups in total. The Morgan fingerprint density at radius 3 is 2.76 bits per heavy atom. The number of hydrogen-bond donors (Lipinski definition) is 3. The lowest BCUT2D eigenvalue weighted by molar-refractivity contribution is 0.0697. The van der Waals surface area contributed by atoms with Gasteiger partial charge in [-0.3, -0.25) is 0 Å². The highest BCUT2D eigenvalue weighted by Crippen LogP contribution is 2.25. The van der Waals surface area contributed by atoms with Crippen LogP contribution in [-0.2, 0) is 10.0 Å². The van der Waals surface area contributed by atoms with E-state index in [1.807, 2.05) is 23.5 Å². The van der Waals surface area contributed by atoms with Gasteiger partial charge in [-0.25, -0.2) is 18.4 Å². The van der Waals surface area contributed by atoms with Gasteiger partial charge in [0.05, 0.1) is 10.5 Å². The van der Waals surface area contributed by atoms with Crippen LogP contribution in [0.2, 0.25) is 0 Å². The first-order valence-corrected chi connectivity index (χ1v) is 9.96. The Morgan fingerprint density at radius 2 is 2.19 bits per heavy atom. The summed E-state index contributed by atoms with van der Waals surface area (Å²) in [5.41, 5.74) is 0.320. The number of nitrogens with two attached hydrogens (primary N) is 1. The molecular formula is C12H16N2O4S3. The summed E-state index contributed by atoms with van der Waals surface area (Å²) in [6, 6.07) is 3.85. The molecule has 0 saturated carbocycles. The van der Waals surface area contributed by atoms with Gasteiger partial charge < -0.3 is 10.4 Å². The molecule has 0 amide bonds. The van der Waals surface area contributed by atoms with Crippen LogP contribution >= 0.6 is 23.5 Å². The number of benzene rings is 1. The Hall–Kier alpha value is -0.900. The smallest absolute Gasteiger partial charge is 0.337 e. The minimum absolute atomic E-state index is 0.0880. The largest absolute Gasteiger partial charge is 0.478 e. The van der Waals surface area contributed by atoms with E-state index in [9.17, 15) is 18.3 Å². The predicted molar refractivity (Wildman–Crippen MR) is 86.8 cm³/mol. The number of primary sulfonamides is 1. The molecule has 0 radical (unpaired) electrons. The van der Waals surface area contributed by atoms with Crippen LogP contribution in [-0.4, -0.2) is 48.5 Å². The maximum Gasteiger partial charge on any atom is 0.337 e. The molecule has 9 heteroatoms. The highest BCUT2D eigenvalue weighted by molar-refractivity contribution is 8.06. The molecule has 0 spiro atoms. The highest BCUT2D eigenvalue weighted by Gasteiger charge is 2.18. The molecule has 1 aliphatic heterocycles. The summed E-state index contributed by atoms with van der Waals surface area (Å²) in [6.45, 7) is 0.646. The van der Waals surface area contributed by atoms with Gasteiger partial charge in [-0.15, -0.1) is 0 Å². The summed E-state index contributed by atoms with van der Waals surface area (Å²) in [7, 11) is -3.91. The molecule has 2 rings (SSSR count). The van der Waals surface area contributed by atoms with Crippen molar-refractivity contribution in [1.29, 1.82) is 0 Å². The van der Waals surface area contributed by atoms with Gasteiger partial charge in [-0.05, 0) is 18.2 Å². The molecule has 21 heavy (non-hydrogen) atoms. The van der Waals surface area contributed by atoms with Gasteiger partial charge >= 0.3 is 5.97 Å². The molecule has 1 aromatic rings. The maximum absolute atomic E-state index is 11.3. The molecule has 0 bridgehead atoms. The van der Waals surface area contributed by atoms with Crippen molar-refractivity contribution in [3.63, 3.8) is 0 Å². The standard InChI is InChI=1S/C12H16N2O4S3/c13-21(17,18)9-1-2-11(10(5-9)12(15)16)14-6-8-7-19-3-4-20-8/h1-2,5,8,14H,3-4,6-7H2,(H,15,16)(H2,13,17,18). The summed E-state index contributed by atoms with van der Waals surface area (Å²) in [5, 5.41) is 17.7. The first-order valence-electron chi connectivity index (χ1n) is 6.21. The SMILES string of the molecule is NS(=O)(=O)c1ccc(NCC2CSCCS2)c(C(=O)O)c1. The molecule has 1 fully saturated rings. The van der Waals surface area contributed by atoms with Crippen LogP contribution in [0.4, 0.5) is 5.69 Å². The lowest BCUT2D eigenvalue weighted by Crippen LogP contribution is -2.24. The number of hydrogen-bond acceptors (Lipinski definition) is 6. The van der Waals surface area contributed by atoms with E-state index in [1.165, 1.54) is 12.1 Å². The van der Waals surface area contributed by atoms with Crippen LogP contribution in [0.1, 0.15) is 10.4 Å². The van der Waals surface area contributed by atoms with Gasteiger partial charge in [0.15, 0.2) is 0 Å². The average Bonchev–Trinajstić information content (AvgIpc) is 2.45. The van der Waals surface area contributed by atoms with Crippen molar-refractivity contribution in [3.05, 3.63) is 23.8 Å². The van der Waals surface area contributed by atoms with Gasteiger partial charge in [-0.1, -0.05) is 0 Å². The number of carboxylic acid groups (broad SMARTS) is 1. The molecule has 6 nitrogen and oxygen atoms in total. The van der Waals surface area contributed by atoms with Gasteiger partial charge in [-0.2, -0.15) is 23.5 Å². The Bertz CT molecular complexity index is 627. The highest BCUT2D eigenvalue weighted by atomic mass is 32.2. The third-order valence-electron chi connectivity index (χ3n) is 2.96. The number of nitrogens with one attached hydrogen (secondary N) is 1. The van der Waals surface area contributed by atoms with Gasteiger partial charge in [0, 0.05) is 34.7 Å². The Labute approximate surface area is 131 Å². The molecule has 1 heterocycles. The molecule has 1 saturated heterocycles. The number of thioether (sulfide) groups is 2. The molecule has 1 aromatic carbocycles. The fourth-order valence-corrected chi connectivity index (χ4v) is 5.06. The average molecular weight is 348 g/mol. The van der Waals surface area contributed by atoms with E-state index in [2.05, 4.69) is 5.32 Å². The minimum atomic E-state index is -3.91. The molecule has 1 unspecified atom stereocenters. The van der Waals surface area contributed by atoms with Crippen molar-refractivity contribution < 1.29 is 18.3 Å². The molecular weight excluding hydrogens is 332 g/mol. The van der Waals surface area contributed by atoms with Crippen LogP contribution in [0, 0.1) is 0 Å². The van der Waals surface area contributed by atoms with Crippen molar-refractivity contribution in [1.82, 2.24) is 0 Å². The van der Waals surface area contributed by atoms with Crippen LogP contribution in [0.3, 0.4) is 0 Å². The van der Waals surface area contributed by atoms with E-state index in [0.717, 1.165) is 23.3 Å². The van der Waals surface area contributed by atoms with E-state index in [4.69, 9.17) is 5.14 Å². The minimum Gasteiger partial charge on any atom is -0.478 e. The molecule has 0 aliphatic carbocycles. The van der Waals surface area contributed by atoms with Crippen molar-refractivity contribution in [2.24, 2.45) is 5.14 Å². The van der Waals surface area contributed by atoms with Crippen LogP contribution < -0.4 is 10.5 Å². The number of rotatable bonds is 5. The van der Waals surface area contributed by atoms with Crippen molar-refractivity contribution in [2.45, 2.75) is 10.1 Å². The summed E-state index contributed by atoms with van der Waals surface area (Å²) in [4.78, 5) is 11.1. The second-order valence-corrected chi connectivity index (χ2v) is 8.63. The third kappa shape index (κ3) is 4.53. The lowest BCUT2D eigenvalue weighted by atomic mass is 10.2. The zero-order chi connectivity index (χ0) is 15.5. The first kappa shape index (κ1) is 16.5. The lowest BCUT2D eigenvalue weighted by Gasteiger charge is -2.22. The van der Waals surface area contributed by atoms with Gasteiger partial charge in [0.2, 0.25) is 10.0 Å². The molecule has 1 aliphatic rings. The number of carbonyl (C=O) groups is 1. The quantitative estimate of drug-likeness (QED) is 0.735. The second kappa shape index (κ2) is 6.91. The van der Waals surface area contributed by atoms with Crippen LogP contribution in [0.25, 0.3) is 0 Å². The normalized spacial score (nSPS) is 19.2. The number of aromatic carboxylic acids is 1. The summed E-state index contributed by atoms with van der Waals surface area (Å²) in [6.07, 6.45) is 0. The molecule has 116 valence electrons. The maximum atomic E-state index is 11.3. The summed E-state index contributed by atoms with van der Waals surface area (Å²) in [5.74, 6) is 2.07. The van der Waals surface area contributed by atoms with Crippen LogP contribution in [0.15, 0.2) is 23.1 Å². The second-order valence-electron chi connectivity index (χ2n) is 4.51. The molecule has 0 aromatic heterocycles. The number of carboxylic acids is 1. The summed E-state index contributed by atoms with van der Waals surface area (Å²) < 4.78 is 22.6. The summed E-state index contributed by atoms with van der Waals surface area (Å²) >= 11 is 3.74. The Balaban J connectivity index is 2.16. The van der Waals surface area contributed by atoms with E-state index >= 15 is 0 Å². The van der Waals surface area contributed by atoms with Gasteiger partial charge in [0.25, 0.3) is 0 Å². The number of sulfonamides is 1. The zero-order valence-electron chi connectivity index (χ0n) is 11.1. The Morgan fingerprint density at radius 1 is 1.43 bits per heavy atom. The fourth-order valence-electron chi connectivity index (χ4n) is 1.91. The van der Waals surface area contributed by atoms with E-state index < -0.39 is 16.0 Å². The monoisotopic (exact) mass is 348 g/mol. The predicted octanol–water partition coefficient (Wildman–Crippen LogP) is 1.29.